The molecular formula is C21H17N4O3S-. The summed E-state index contributed by atoms with van der Waals surface area (Å²) in [5.74, 6) is -0.114. The zero-order valence-electron chi connectivity index (χ0n) is 15.6. The van der Waals surface area contributed by atoms with Gasteiger partial charge in [0.2, 0.25) is 5.16 Å². The van der Waals surface area contributed by atoms with Crippen LogP contribution < -0.4 is 9.84 Å². The quantitative estimate of drug-likeness (QED) is 0.452. The number of nitrogens with zero attached hydrogens (tertiary/aromatic N) is 3. The Balaban J connectivity index is 1.79. The third-order valence-electron chi connectivity index (χ3n) is 3.93. The van der Waals surface area contributed by atoms with Crippen LogP contribution in [0.5, 0.6) is 5.75 Å². The number of rotatable bonds is 8. The number of aromatic nitrogens is 3. The molecule has 0 saturated heterocycles. The molecule has 7 nitrogen and oxygen atoms in total. The number of ether oxygens (including phenoxy) is 1. The number of benzene rings is 2. The van der Waals surface area contributed by atoms with Crippen LogP contribution in [0, 0.1) is 11.3 Å². The van der Waals surface area contributed by atoms with Crippen LogP contribution in [0.25, 0.3) is 6.08 Å². The highest BCUT2D eigenvalue weighted by Gasteiger charge is 2.10. The lowest BCUT2D eigenvalue weighted by Gasteiger charge is -2.11. The molecule has 1 aromatic heterocycles. The van der Waals surface area contributed by atoms with Crippen molar-refractivity contribution in [2.45, 2.75) is 25.1 Å². The summed E-state index contributed by atoms with van der Waals surface area (Å²) in [6.07, 6.45) is 2.15. The molecule has 2 aromatic carbocycles. The Morgan fingerprint density at radius 1 is 1.28 bits per heavy atom. The Kier molecular flexibility index (Phi) is 6.66. The van der Waals surface area contributed by atoms with E-state index in [1.165, 1.54) is 6.08 Å². The number of aromatic amines is 1. The van der Waals surface area contributed by atoms with Gasteiger partial charge in [-0.2, -0.15) is 5.26 Å². The van der Waals surface area contributed by atoms with Crippen molar-refractivity contribution in [3.8, 4) is 11.8 Å². The topological polar surface area (TPSA) is 115 Å². The molecule has 8 heteroatoms. The third-order valence-corrected chi connectivity index (χ3v) is 4.80. The highest BCUT2D eigenvalue weighted by Crippen LogP contribution is 2.29. The molecule has 0 radical (unpaired) electrons. The largest absolute Gasteiger partial charge is 0.544 e. The van der Waals surface area contributed by atoms with E-state index in [1.54, 1.807) is 36.4 Å². The number of nitriles is 1. The van der Waals surface area contributed by atoms with E-state index < -0.39 is 5.97 Å². The van der Waals surface area contributed by atoms with Gasteiger partial charge in [-0.05, 0) is 41.6 Å². The van der Waals surface area contributed by atoms with E-state index in [9.17, 15) is 9.90 Å². The molecule has 0 aliphatic heterocycles. The fraction of sp³-hybridized carbons (Fsp3) is 0.143. The lowest BCUT2D eigenvalue weighted by atomic mass is 10.1. The van der Waals surface area contributed by atoms with E-state index >= 15 is 0 Å². The van der Waals surface area contributed by atoms with Crippen molar-refractivity contribution < 1.29 is 14.6 Å². The molecule has 0 fully saturated rings. The predicted octanol–water partition coefficient (Wildman–Crippen LogP) is 2.70. The number of carbonyl (C=O) groups is 1. The predicted molar refractivity (Wildman–Crippen MR) is 107 cm³/mol. The third kappa shape index (κ3) is 5.46. The van der Waals surface area contributed by atoms with Crippen molar-refractivity contribution in [1.82, 2.24) is 15.2 Å². The number of hydrogen-bond donors (Lipinski definition) is 1. The normalized spacial score (nSPS) is 11.1. The molecule has 1 heterocycles. The van der Waals surface area contributed by atoms with E-state index in [4.69, 9.17) is 10.00 Å². The van der Waals surface area contributed by atoms with Gasteiger partial charge in [-0.1, -0.05) is 37.3 Å². The van der Waals surface area contributed by atoms with Crippen molar-refractivity contribution in [1.29, 1.82) is 5.26 Å². The van der Waals surface area contributed by atoms with Gasteiger partial charge in [0, 0.05) is 16.9 Å². The number of carbonyl (C=O) groups excluding carboxylic acids is 1. The molecule has 146 valence electrons. The maximum absolute atomic E-state index is 11.6. The number of hydrogen-bond acceptors (Lipinski definition) is 7. The summed E-state index contributed by atoms with van der Waals surface area (Å²) in [6, 6.07) is 16.2. The number of nitrogens with one attached hydrogen (secondary N) is 1. The number of thioether (sulfide) groups is 1. The van der Waals surface area contributed by atoms with Crippen molar-refractivity contribution in [3.05, 3.63) is 76.0 Å². The second-order valence-corrected chi connectivity index (χ2v) is 6.96. The molecule has 0 unspecified atom stereocenters. The molecule has 0 atom stereocenters. The second-order valence-electron chi connectivity index (χ2n) is 5.95. The monoisotopic (exact) mass is 405 g/mol. The Hall–Kier alpha value is -3.57. The molecule has 0 aliphatic carbocycles. The first kappa shape index (κ1) is 20.2. The van der Waals surface area contributed by atoms with Crippen LogP contribution in [0.4, 0.5) is 0 Å². The van der Waals surface area contributed by atoms with Crippen LogP contribution in [-0.2, 0) is 17.8 Å². The van der Waals surface area contributed by atoms with Gasteiger partial charge in [0.15, 0.2) is 0 Å². The Morgan fingerprint density at radius 2 is 2.03 bits per heavy atom. The molecule has 0 saturated carbocycles. The van der Waals surface area contributed by atoms with E-state index in [0.29, 0.717) is 34.3 Å². The van der Waals surface area contributed by atoms with Crippen molar-refractivity contribution in [2.75, 3.05) is 0 Å². The van der Waals surface area contributed by atoms with Crippen molar-refractivity contribution >= 4 is 23.8 Å². The van der Waals surface area contributed by atoms with Crippen molar-refractivity contribution in [2.24, 2.45) is 0 Å². The fourth-order valence-electron chi connectivity index (χ4n) is 2.42. The van der Waals surface area contributed by atoms with Crippen LogP contribution in [-0.4, -0.2) is 21.2 Å². The average molecular weight is 405 g/mol. The number of para-hydroxylation sites is 1. The Bertz CT molecular complexity index is 1070. The van der Waals surface area contributed by atoms with Crippen molar-refractivity contribution in [3.63, 3.8) is 0 Å². The van der Waals surface area contributed by atoms with E-state index in [1.807, 2.05) is 19.1 Å². The van der Waals surface area contributed by atoms with Gasteiger partial charge in [-0.25, -0.2) is 4.98 Å². The van der Waals surface area contributed by atoms with Gasteiger partial charge in [0.1, 0.15) is 18.2 Å². The molecular weight excluding hydrogens is 388 g/mol. The summed E-state index contributed by atoms with van der Waals surface area (Å²) < 4.78 is 5.86. The van der Waals surface area contributed by atoms with E-state index in [0.717, 1.165) is 17.3 Å². The van der Waals surface area contributed by atoms with Gasteiger partial charge >= 0.3 is 0 Å². The molecule has 0 bridgehead atoms. The molecule has 3 rings (SSSR count). The summed E-state index contributed by atoms with van der Waals surface area (Å²) in [7, 11) is 0. The molecule has 0 spiro atoms. The average Bonchev–Trinajstić information content (AvgIpc) is 3.20. The summed E-state index contributed by atoms with van der Waals surface area (Å²) in [4.78, 5) is 15.8. The molecule has 29 heavy (non-hydrogen) atoms. The number of aryl methyl sites for hydroxylation is 1. The smallest absolute Gasteiger partial charge is 0.213 e. The van der Waals surface area contributed by atoms with Crippen LogP contribution in [0.3, 0.4) is 0 Å². The lowest BCUT2D eigenvalue weighted by Crippen LogP contribution is -2.23. The molecule has 0 aliphatic rings. The van der Waals surface area contributed by atoms with Crippen LogP contribution in [0.15, 0.2) is 58.6 Å². The maximum Gasteiger partial charge on any atom is 0.213 e. The summed E-state index contributed by atoms with van der Waals surface area (Å²) in [5, 5.41) is 27.5. The zero-order chi connectivity index (χ0) is 20.6. The number of carboxylic acid groups (broad SMARTS) is 1. The van der Waals surface area contributed by atoms with Crippen LogP contribution in [0.2, 0.25) is 0 Å². The molecule has 3 aromatic rings. The van der Waals surface area contributed by atoms with Gasteiger partial charge in [0.05, 0.1) is 17.6 Å². The fourth-order valence-corrected chi connectivity index (χ4v) is 3.13. The first-order valence-electron chi connectivity index (χ1n) is 8.82. The van der Waals surface area contributed by atoms with Gasteiger partial charge in [0.25, 0.3) is 0 Å². The Morgan fingerprint density at radius 3 is 2.69 bits per heavy atom. The zero-order valence-corrected chi connectivity index (χ0v) is 16.4. The molecule has 0 amide bonds. The summed E-state index contributed by atoms with van der Waals surface area (Å²) in [5.41, 5.74) is 2.06. The first-order valence-corrected chi connectivity index (χ1v) is 9.63. The van der Waals surface area contributed by atoms with Gasteiger partial charge in [-0.3, -0.25) is 5.10 Å². The number of aliphatic carboxylic acids is 1. The maximum atomic E-state index is 11.6. The minimum atomic E-state index is -1.32. The van der Waals surface area contributed by atoms with Gasteiger partial charge in [-0.15, -0.1) is 5.10 Å². The van der Waals surface area contributed by atoms with Crippen LogP contribution in [0.1, 0.15) is 29.4 Å². The number of carboxylic acids is 1. The standard InChI is InChI=1S/C21H18N4O3S/c1-2-19-23-21(25-24-19)29-18(20(26)27)11-16-5-3-4-6-17(16)28-13-15-9-7-14(12-22)8-10-15/h3-11H,2,13H2,1H3,(H,26,27)(H,23,24,25)/p-1/b18-11-. The second kappa shape index (κ2) is 9.57. The van der Waals surface area contributed by atoms with Crippen LogP contribution >= 0.6 is 11.8 Å². The SMILES string of the molecule is CCc1nc(S/C(=C\c2ccccc2OCc2ccc(C#N)cc2)C(=O)[O-])n[nH]1. The lowest BCUT2D eigenvalue weighted by molar-refractivity contribution is -0.297. The highest BCUT2D eigenvalue weighted by molar-refractivity contribution is 8.04. The summed E-state index contributed by atoms with van der Waals surface area (Å²) in [6.45, 7) is 2.21. The minimum Gasteiger partial charge on any atom is -0.544 e. The number of H-pyrrole nitrogens is 1. The highest BCUT2D eigenvalue weighted by atomic mass is 32.2. The van der Waals surface area contributed by atoms with E-state index in [-0.39, 0.29) is 11.5 Å². The molecule has 1 N–H and O–H groups in total. The van der Waals surface area contributed by atoms with E-state index in [2.05, 4.69) is 21.3 Å². The Labute approximate surface area is 172 Å². The first-order chi connectivity index (χ1) is 14.1. The minimum absolute atomic E-state index is 0.0268. The van der Waals surface area contributed by atoms with Gasteiger partial charge < -0.3 is 14.6 Å². The summed E-state index contributed by atoms with van der Waals surface area (Å²) >= 11 is 0.915.